The Bertz CT molecular complexity index is 266. The van der Waals surface area contributed by atoms with Crippen LogP contribution in [0.25, 0.3) is 0 Å². The van der Waals surface area contributed by atoms with E-state index < -0.39 is 0 Å². The van der Waals surface area contributed by atoms with Crippen molar-refractivity contribution in [2.24, 2.45) is 5.41 Å². The molecule has 0 aromatic carbocycles. The summed E-state index contributed by atoms with van der Waals surface area (Å²) in [7, 11) is 0. The molecular weight excluding hydrogens is 224 g/mol. The van der Waals surface area contributed by atoms with E-state index in [1.165, 1.54) is 51.4 Å². The van der Waals surface area contributed by atoms with E-state index >= 15 is 0 Å². The van der Waals surface area contributed by atoms with Crippen LogP contribution in [0.1, 0.15) is 77.6 Å². The molecule has 1 unspecified atom stereocenters. The molecule has 0 amide bonds. The van der Waals surface area contributed by atoms with Crippen molar-refractivity contribution >= 4 is 5.78 Å². The summed E-state index contributed by atoms with van der Waals surface area (Å²) in [5.41, 5.74) is -0.0400. The summed E-state index contributed by atoms with van der Waals surface area (Å²) in [5.74, 6) is 0.484. The van der Waals surface area contributed by atoms with Crippen LogP contribution in [0.5, 0.6) is 0 Å². The van der Waals surface area contributed by atoms with Crippen LogP contribution in [-0.4, -0.2) is 18.5 Å². The standard InChI is InChI=1S/C16H28O2/c1-2-3-4-5-9-12-18-15-13-14(17)16(15)10-7-6-8-11-16/h15H,2-13H2,1H3. The molecule has 2 heteroatoms. The number of rotatable bonds is 7. The first-order chi connectivity index (χ1) is 8.79. The van der Waals surface area contributed by atoms with E-state index in [9.17, 15) is 4.79 Å². The molecule has 0 heterocycles. The van der Waals surface area contributed by atoms with Crippen molar-refractivity contribution < 1.29 is 9.53 Å². The fraction of sp³-hybridized carbons (Fsp3) is 0.938. The highest BCUT2D eigenvalue weighted by atomic mass is 16.5. The van der Waals surface area contributed by atoms with E-state index in [0.29, 0.717) is 12.2 Å². The average Bonchev–Trinajstić information content (AvgIpc) is 2.42. The molecule has 1 spiro atoms. The molecule has 2 saturated carbocycles. The summed E-state index contributed by atoms with van der Waals surface area (Å²) in [6, 6.07) is 0. The van der Waals surface area contributed by atoms with E-state index in [-0.39, 0.29) is 11.5 Å². The van der Waals surface area contributed by atoms with Gasteiger partial charge in [-0.2, -0.15) is 0 Å². The summed E-state index contributed by atoms with van der Waals surface area (Å²) >= 11 is 0. The third-order valence-electron chi connectivity index (χ3n) is 4.86. The van der Waals surface area contributed by atoms with Crippen molar-refractivity contribution in [3.05, 3.63) is 0 Å². The van der Waals surface area contributed by atoms with Gasteiger partial charge in [-0.25, -0.2) is 0 Å². The van der Waals surface area contributed by atoms with Crippen LogP contribution in [0, 0.1) is 5.41 Å². The molecule has 2 rings (SSSR count). The minimum atomic E-state index is -0.0400. The zero-order valence-corrected chi connectivity index (χ0v) is 11.9. The average molecular weight is 252 g/mol. The summed E-state index contributed by atoms with van der Waals surface area (Å²) in [5, 5.41) is 0. The molecule has 18 heavy (non-hydrogen) atoms. The van der Waals surface area contributed by atoms with Crippen LogP contribution in [0.4, 0.5) is 0 Å². The summed E-state index contributed by atoms with van der Waals surface area (Å²) in [4.78, 5) is 11.9. The van der Waals surface area contributed by atoms with Gasteiger partial charge in [0.15, 0.2) is 0 Å². The topological polar surface area (TPSA) is 26.3 Å². The second kappa shape index (κ2) is 6.70. The first-order valence-electron chi connectivity index (χ1n) is 7.94. The van der Waals surface area contributed by atoms with Crippen LogP contribution in [0.15, 0.2) is 0 Å². The molecule has 2 aliphatic rings. The first-order valence-corrected chi connectivity index (χ1v) is 7.94. The number of ether oxygens (including phenoxy) is 1. The molecule has 0 aromatic rings. The van der Waals surface area contributed by atoms with E-state index in [0.717, 1.165) is 19.4 Å². The fourth-order valence-electron chi connectivity index (χ4n) is 3.55. The van der Waals surface area contributed by atoms with Gasteiger partial charge in [-0.15, -0.1) is 0 Å². The Morgan fingerprint density at radius 1 is 1.11 bits per heavy atom. The molecule has 2 nitrogen and oxygen atoms in total. The Labute approximate surface area is 111 Å². The van der Waals surface area contributed by atoms with Gasteiger partial charge in [0, 0.05) is 13.0 Å². The van der Waals surface area contributed by atoms with Crippen LogP contribution >= 0.6 is 0 Å². The van der Waals surface area contributed by atoms with Crippen molar-refractivity contribution in [3.8, 4) is 0 Å². The second-order valence-electron chi connectivity index (χ2n) is 6.12. The Morgan fingerprint density at radius 3 is 2.50 bits per heavy atom. The smallest absolute Gasteiger partial charge is 0.144 e. The van der Waals surface area contributed by atoms with Gasteiger partial charge in [0.2, 0.25) is 0 Å². The highest BCUT2D eigenvalue weighted by Gasteiger charge is 2.55. The van der Waals surface area contributed by atoms with Crippen molar-refractivity contribution in [1.82, 2.24) is 0 Å². The number of ketones is 1. The lowest BCUT2D eigenvalue weighted by molar-refractivity contribution is -0.169. The zero-order chi connectivity index (χ0) is 12.8. The number of carbonyl (C=O) groups excluding carboxylic acids is 1. The lowest BCUT2D eigenvalue weighted by Gasteiger charge is -2.49. The van der Waals surface area contributed by atoms with E-state index in [1.54, 1.807) is 0 Å². The molecule has 1 atom stereocenters. The summed E-state index contributed by atoms with van der Waals surface area (Å²) in [6.45, 7) is 3.10. The SMILES string of the molecule is CCCCCCCOC1CC(=O)C12CCCCC2. The van der Waals surface area contributed by atoms with E-state index in [1.807, 2.05) is 0 Å². The number of hydrogen-bond acceptors (Lipinski definition) is 2. The quantitative estimate of drug-likeness (QED) is 0.633. The van der Waals surface area contributed by atoms with Crippen LogP contribution in [0.3, 0.4) is 0 Å². The zero-order valence-electron chi connectivity index (χ0n) is 11.9. The normalized spacial score (nSPS) is 26.3. The van der Waals surface area contributed by atoms with Gasteiger partial charge < -0.3 is 4.74 Å². The monoisotopic (exact) mass is 252 g/mol. The maximum atomic E-state index is 11.9. The predicted octanol–water partition coefficient (Wildman–Crippen LogP) is 4.27. The molecule has 2 aliphatic carbocycles. The first kappa shape index (κ1) is 14.0. The van der Waals surface area contributed by atoms with Gasteiger partial charge in [-0.3, -0.25) is 4.79 Å². The van der Waals surface area contributed by atoms with Crippen molar-refractivity contribution in [2.45, 2.75) is 83.7 Å². The van der Waals surface area contributed by atoms with Gasteiger partial charge in [0.1, 0.15) is 5.78 Å². The molecule has 0 N–H and O–H groups in total. The second-order valence-corrected chi connectivity index (χ2v) is 6.12. The number of unbranched alkanes of at least 4 members (excludes halogenated alkanes) is 4. The maximum Gasteiger partial charge on any atom is 0.144 e. The minimum absolute atomic E-state index is 0.0400. The largest absolute Gasteiger partial charge is 0.377 e. The fourth-order valence-corrected chi connectivity index (χ4v) is 3.55. The van der Waals surface area contributed by atoms with Crippen molar-refractivity contribution in [2.75, 3.05) is 6.61 Å². The van der Waals surface area contributed by atoms with Crippen LogP contribution in [0.2, 0.25) is 0 Å². The van der Waals surface area contributed by atoms with Gasteiger partial charge in [-0.05, 0) is 19.3 Å². The molecule has 2 fully saturated rings. The lowest BCUT2D eigenvalue weighted by atomic mass is 9.57. The Hall–Kier alpha value is -0.370. The van der Waals surface area contributed by atoms with Crippen molar-refractivity contribution in [1.29, 1.82) is 0 Å². The third kappa shape index (κ3) is 2.96. The highest BCUT2D eigenvalue weighted by Crippen LogP contribution is 2.50. The van der Waals surface area contributed by atoms with E-state index in [2.05, 4.69) is 6.92 Å². The highest BCUT2D eigenvalue weighted by molar-refractivity contribution is 5.92. The van der Waals surface area contributed by atoms with Gasteiger partial charge in [0.05, 0.1) is 11.5 Å². The number of carbonyl (C=O) groups is 1. The molecule has 0 aromatic heterocycles. The molecule has 0 bridgehead atoms. The minimum Gasteiger partial charge on any atom is -0.377 e. The molecule has 0 aliphatic heterocycles. The summed E-state index contributed by atoms with van der Waals surface area (Å²) in [6.07, 6.45) is 13.3. The Kier molecular flexibility index (Phi) is 5.23. The maximum absolute atomic E-state index is 11.9. The predicted molar refractivity (Wildman–Crippen MR) is 73.6 cm³/mol. The van der Waals surface area contributed by atoms with Crippen LogP contribution in [-0.2, 0) is 9.53 Å². The number of hydrogen-bond donors (Lipinski definition) is 0. The summed E-state index contributed by atoms with van der Waals surface area (Å²) < 4.78 is 6.00. The molecule has 104 valence electrons. The van der Waals surface area contributed by atoms with Gasteiger partial charge in [0.25, 0.3) is 0 Å². The van der Waals surface area contributed by atoms with Gasteiger partial charge in [-0.1, -0.05) is 51.9 Å². The number of Topliss-reactive ketones (excluding diaryl/α,β-unsaturated/α-hetero) is 1. The Balaban J connectivity index is 1.65. The van der Waals surface area contributed by atoms with Crippen LogP contribution < -0.4 is 0 Å². The third-order valence-corrected chi connectivity index (χ3v) is 4.86. The molecule has 0 radical (unpaired) electrons. The molecule has 0 saturated heterocycles. The van der Waals surface area contributed by atoms with Crippen molar-refractivity contribution in [3.63, 3.8) is 0 Å². The lowest BCUT2D eigenvalue weighted by Crippen LogP contribution is -2.56. The molecular formula is C16H28O2. The van der Waals surface area contributed by atoms with E-state index in [4.69, 9.17) is 4.74 Å². The van der Waals surface area contributed by atoms with Gasteiger partial charge >= 0.3 is 0 Å². The Morgan fingerprint density at radius 2 is 1.83 bits per heavy atom.